The number of hydrogen-bond acceptors (Lipinski definition) is 1. The SMILES string of the molecule is Cc1c(-c2ccc(Br)cc2)nn2c(-c3ccccc3)cc3ccccc3c12. The topological polar surface area (TPSA) is 17.3 Å². The predicted molar refractivity (Wildman–Crippen MR) is 116 cm³/mol. The van der Waals surface area contributed by atoms with Crippen molar-refractivity contribution in [3.63, 3.8) is 0 Å². The third-order valence-corrected chi connectivity index (χ3v) is 5.57. The summed E-state index contributed by atoms with van der Waals surface area (Å²) in [5, 5.41) is 7.50. The molecule has 0 unspecified atom stereocenters. The van der Waals surface area contributed by atoms with Crippen LogP contribution in [0.3, 0.4) is 0 Å². The van der Waals surface area contributed by atoms with Crippen LogP contribution < -0.4 is 0 Å². The van der Waals surface area contributed by atoms with Crippen molar-refractivity contribution in [2.45, 2.75) is 6.92 Å². The quantitative estimate of drug-likeness (QED) is 0.308. The molecule has 0 amide bonds. The summed E-state index contributed by atoms with van der Waals surface area (Å²) in [4.78, 5) is 0. The molecule has 2 nitrogen and oxygen atoms in total. The molecule has 0 saturated heterocycles. The first kappa shape index (κ1) is 16.3. The van der Waals surface area contributed by atoms with E-state index >= 15 is 0 Å². The van der Waals surface area contributed by atoms with Gasteiger partial charge in [0.1, 0.15) is 0 Å². The Kier molecular flexibility index (Phi) is 3.83. The lowest BCUT2D eigenvalue weighted by atomic mass is 10.0. The molecule has 0 N–H and O–H groups in total. The molecule has 0 saturated carbocycles. The van der Waals surface area contributed by atoms with Gasteiger partial charge in [0.2, 0.25) is 0 Å². The molecule has 3 heteroatoms. The van der Waals surface area contributed by atoms with E-state index in [1.54, 1.807) is 0 Å². The third-order valence-electron chi connectivity index (χ3n) is 5.05. The molecule has 5 rings (SSSR count). The van der Waals surface area contributed by atoms with Gasteiger partial charge in [0, 0.05) is 26.5 Å². The van der Waals surface area contributed by atoms with Gasteiger partial charge in [0.25, 0.3) is 0 Å². The first-order valence-electron chi connectivity index (χ1n) is 8.95. The van der Waals surface area contributed by atoms with E-state index in [0.29, 0.717) is 0 Å². The number of nitrogens with zero attached hydrogens (tertiary/aromatic N) is 2. The molecule has 0 fully saturated rings. The molecule has 2 aromatic heterocycles. The summed E-state index contributed by atoms with van der Waals surface area (Å²) in [6.07, 6.45) is 0. The fraction of sp³-hybridized carbons (Fsp3) is 0.0417. The van der Waals surface area contributed by atoms with E-state index in [9.17, 15) is 0 Å². The van der Waals surface area contributed by atoms with Crippen molar-refractivity contribution in [2.75, 3.05) is 0 Å². The minimum Gasteiger partial charge on any atom is -0.232 e. The van der Waals surface area contributed by atoms with Crippen molar-refractivity contribution < 1.29 is 0 Å². The van der Waals surface area contributed by atoms with Crippen LogP contribution in [0.15, 0.2) is 89.4 Å². The van der Waals surface area contributed by atoms with Crippen LogP contribution in [0.4, 0.5) is 0 Å². The number of rotatable bonds is 2. The molecule has 0 bridgehead atoms. The maximum Gasteiger partial charge on any atom is 0.0963 e. The van der Waals surface area contributed by atoms with Crippen LogP contribution in [0.25, 0.3) is 38.8 Å². The molecule has 130 valence electrons. The summed E-state index contributed by atoms with van der Waals surface area (Å²) in [7, 11) is 0. The first-order chi connectivity index (χ1) is 13.2. The summed E-state index contributed by atoms with van der Waals surface area (Å²) in [6.45, 7) is 2.17. The number of halogens is 1. The zero-order valence-electron chi connectivity index (χ0n) is 14.9. The van der Waals surface area contributed by atoms with Crippen LogP contribution >= 0.6 is 15.9 Å². The number of aromatic nitrogens is 2. The second-order valence-corrected chi connectivity index (χ2v) is 7.64. The summed E-state index contributed by atoms with van der Waals surface area (Å²) < 4.78 is 3.17. The molecule has 27 heavy (non-hydrogen) atoms. The smallest absolute Gasteiger partial charge is 0.0963 e. The minimum atomic E-state index is 1.02. The number of aryl methyl sites for hydroxylation is 1. The van der Waals surface area contributed by atoms with Gasteiger partial charge in [-0.3, -0.25) is 0 Å². The fourth-order valence-corrected chi connectivity index (χ4v) is 3.99. The van der Waals surface area contributed by atoms with Crippen molar-refractivity contribution in [3.8, 4) is 22.5 Å². The van der Waals surface area contributed by atoms with E-state index in [2.05, 4.69) is 106 Å². The van der Waals surface area contributed by atoms with Gasteiger partial charge in [-0.15, -0.1) is 0 Å². The largest absolute Gasteiger partial charge is 0.232 e. The Morgan fingerprint density at radius 1 is 0.778 bits per heavy atom. The molecular formula is C24H17BrN2. The molecule has 3 aromatic carbocycles. The minimum absolute atomic E-state index is 1.02. The lowest BCUT2D eigenvalue weighted by Crippen LogP contribution is -1.95. The van der Waals surface area contributed by atoms with E-state index in [0.717, 1.165) is 27.0 Å². The Hall–Kier alpha value is -2.91. The highest BCUT2D eigenvalue weighted by molar-refractivity contribution is 9.10. The predicted octanol–water partition coefficient (Wildman–Crippen LogP) is 6.89. The zero-order chi connectivity index (χ0) is 18.4. The molecule has 0 aliphatic heterocycles. The lowest BCUT2D eigenvalue weighted by Gasteiger charge is -2.09. The van der Waals surface area contributed by atoms with Crippen LogP contribution in [0.2, 0.25) is 0 Å². The summed E-state index contributed by atoms with van der Waals surface area (Å²) in [5.41, 5.74) is 6.79. The van der Waals surface area contributed by atoms with E-state index in [1.165, 1.54) is 21.9 Å². The van der Waals surface area contributed by atoms with Gasteiger partial charge in [-0.2, -0.15) is 5.10 Å². The van der Waals surface area contributed by atoms with E-state index in [-0.39, 0.29) is 0 Å². The van der Waals surface area contributed by atoms with Gasteiger partial charge in [-0.05, 0) is 30.5 Å². The van der Waals surface area contributed by atoms with Gasteiger partial charge < -0.3 is 0 Å². The number of hydrogen-bond donors (Lipinski definition) is 0. The second kappa shape index (κ2) is 6.36. The highest BCUT2D eigenvalue weighted by atomic mass is 79.9. The lowest BCUT2D eigenvalue weighted by molar-refractivity contribution is 0.979. The summed E-state index contributed by atoms with van der Waals surface area (Å²) in [5.74, 6) is 0. The van der Waals surface area contributed by atoms with E-state index in [4.69, 9.17) is 5.10 Å². The monoisotopic (exact) mass is 412 g/mol. The normalized spacial score (nSPS) is 11.3. The van der Waals surface area contributed by atoms with Gasteiger partial charge in [0.15, 0.2) is 0 Å². The van der Waals surface area contributed by atoms with Crippen molar-refractivity contribution in [1.29, 1.82) is 0 Å². The Morgan fingerprint density at radius 3 is 2.26 bits per heavy atom. The highest BCUT2D eigenvalue weighted by Gasteiger charge is 2.17. The van der Waals surface area contributed by atoms with Gasteiger partial charge >= 0.3 is 0 Å². The maximum absolute atomic E-state index is 5.04. The zero-order valence-corrected chi connectivity index (χ0v) is 16.4. The van der Waals surface area contributed by atoms with Crippen LogP contribution in [0, 0.1) is 6.92 Å². The molecule has 5 aromatic rings. The number of benzene rings is 3. The Balaban J connectivity index is 1.90. The molecule has 0 atom stereocenters. The Morgan fingerprint density at radius 2 is 1.48 bits per heavy atom. The van der Waals surface area contributed by atoms with Gasteiger partial charge in [-0.1, -0.05) is 82.7 Å². The molecule has 0 radical (unpaired) electrons. The van der Waals surface area contributed by atoms with Crippen molar-refractivity contribution in [1.82, 2.24) is 9.61 Å². The van der Waals surface area contributed by atoms with Crippen LogP contribution in [0.5, 0.6) is 0 Å². The van der Waals surface area contributed by atoms with Gasteiger partial charge in [0.05, 0.1) is 16.9 Å². The fourth-order valence-electron chi connectivity index (χ4n) is 3.73. The average molecular weight is 413 g/mol. The Bertz CT molecular complexity index is 1270. The number of pyridine rings is 1. The van der Waals surface area contributed by atoms with Crippen molar-refractivity contribution in [3.05, 3.63) is 95.0 Å². The Labute approximate surface area is 166 Å². The second-order valence-electron chi connectivity index (χ2n) is 6.72. The highest BCUT2D eigenvalue weighted by Crippen LogP contribution is 2.34. The molecule has 0 spiro atoms. The van der Waals surface area contributed by atoms with Crippen molar-refractivity contribution >= 4 is 32.2 Å². The maximum atomic E-state index is 5.04. The van der Waals surface area contributed by atoms with Crippen molar-refractivity contribution in [2.24, 2.45) is 0 Å². The van der Waals surface area contributed by atoms with Gasteiger partial charge in [-0.25, -0.2) is 4.52 Å². The molecule has 2 heterocycles. The molecule has 0 aliphatic rings. The molecule has 0 aliphatic carbocycles. The van der Waals surface area contributed by atoms with E-state index in [1.807, 2.05) is 6.07 Å². The average Bonchev–Trinajstić information content (AvgIpc) is 3.06. The standard InChI is InChI=1S/C24H17BrN2/c1-16-23(18-11-13-20(25)14-12-18)26-27-22(17-7-3-2-4-8-17)15-19-9-5-6-10-21(19)24(16)27/h2-15H,1H3. The van der Waals surface area contributed by atoms with Crippen LogP contribution in [0.1, 0.15) is 5.56 Å². The van der Waals surface area contributed by atoms with E-state index < -0.39 is 0 Å². The first-order valence-corrected chi connectivity index (χ1v) is 9.74. The number of fused-ring (bicyclic) bond motifs is 3. The van der Waals surface area contributed by atoms with Crippen LogP contribution in [-0.2, 0) is 0 Å². The van der Waals surface area contributed by atoms with Crippen LogP contribution in [-0.4, -0.2) is 9.61 Å². The third kappa shape index (κ3) is 2.66. The summed E-state index contributed by atoms with van der Waals surface area (Å²) in [6, 6.07) is 29.6. The summed E-state index contributed by atoms with van der Waals surface area (Å²) >= 11 is 3.52. The molecular weight excluding hydrogens is 396 g/mol.